The van der Waals surface area contributed by atoms with Gasteiger partial charge in [-0.1, -0.05) is 12.1 Å². The first-order valence-corrected chi connectivity index (χ1v) is 5.96. The molecule has 1 unspecified atom stereocenters. The number of benzene rings is 1. The van der Waals surface area contributed by atoms with Gasteiger partial charge in [0, 0.05) is 6.04 Å². The highest BCUT2D eigenvalue weighted by Gasteiger charge is 2.13. The topological polar surface area (TPSA) is 64.2 Å². The molecule has 1 aromatic carbocycles. The summed E-state index contributed by atoms with van der Waals surface area (Å²) in [6, 6.07) is 9.54. The quantitative estimate of drug-likeness (QED) is 0.625. The van der Waals surface area contributed by atoms with Crippen molar-refractivity contribution in [3.05, 3.63) is 52.2 Å². The molecule has 6 heteroatoms. The SMILES string of the molecule is CC(c1ccc(-n2ccc([N+](=O)[O-])n2)cc1)N(C)C. The lowest BCUT2D eigenvalue weighted by atomic mass is 10.1. The molecule has 0 spiro atoms. The number of nitrogens with zero attached hydrogens (tertiary/aromatic N) is 4. The summed E-state index contributed by atoms with van der Waals surface area (Å²) < 4.78 is 1.50. The fourth-order valence-electron chi connectivity index (χ4n) is 1.76. The van der Waals surface area contributed by atoms with E-state index >= 15 is 0 Å². The molecule has 2 aromatic rings. The molecule has 0 fully saturated rings. The zero-order valence-electron chi connectivity index (χ0n) is 11.1. The predicted molar refractivity (Wildman–Crippen MR) is 72.3 cm³/mol. The van der Waals surface area contributed by atoms with E-state index in [4.69, 9.17) is 0 Å². The third-order valence-electron chi connectivity index (χ3n) is 3.18. The standard InChI is InChI=1S/C13H16N4O2/c1-10(15(2)3)11-4-6-12(7-5-11)16-9-8-13(14-16)17(18)19/h4-10H,1-3H3. The van der Waals surface area contributed by atoms with Crippen molar-refractivity contribution >= 4 is 5.82 Å². The van der Waals surface area contributed by atoms with Crippen LogP contribution in [0.3, 0.4) is 0 Å². The molecule has 19 heavy (non-hydrogen) atoms. The zero-order chi connectivity index (χ0) is 14.0. The first kappa shape index (κ1) is 13.2. The van der Waals surface area contributed by atoms with Crippen LogP contribution in [0.4, 0.5) is 5.82 Å². The minimum absolute atomic E-state index is 0.147. The second-order valence-electron chi connectivity index (χ2n) is 4.61. The Bertz CT molecular complexity index is 575. The van der Waals surface area contributed by atoms with Crippen LogP contribution in [-0.4, -0.2) is 33.7 Å². The highest BCUT2D eigenvalue weighted by atomic mass is 16.6. The monoisotopic (exact) mass is 260 g/mol. The summed E-state index contributed by atoms with van der Waals surface area (Å²) in [6.45, 7) is 2.12. The van der Waals surface area contributed by atoms with Gasteiger partial charge in [-0.2, -0.15) is 0 Å². The Balaban J connectivity index is 2.24. The molecule has 0 amide bonds. The average Bonchev–Trinajstić information content (AvgIpc) is 2.87. The molecule has 0 N–H and O–H groups in total. The predicted octanol–water partition coefficient (Wildman–Crippen LogP) is 2.40. The van der Waals surface area contributed by atoms with Crippen molar-refractivity contribution in [3.8, 4) is 5.69 Å². The van der Waals surface area contributed by atoms with E-state index in [1.807, 2.05) is 38.4 Å². The third-order valence-corrected chi connectivity index (χ3v) is 3.18. The molecule has 0 bridgehead atoms. The fraction of sp³-hybridized carbons (Fsp3) is 0.308. The van der Waals surface area contributed by atoms with Gasteiger partial charge >= 0.3 is 5.82 Å². The van der Waals surface area contributed by atoms with Crippen molar-refractivity contribution in [1.29, 1.82) is 0 Å². The summed E-state index contributed by atoms with van der Waals surface area (Å²) in [4.78, 5) is 12.2. The molecule has 1 aromatic heterocycles. The molecule has 0 saturated heterocycles. The van der Waals surface area contributed by atoms with E-state index in [2.05, 4.69) is 16.9 Å². The lowest BCUT2D eigenvalue weighted by Gasteiger charge is -2.20. The van der Waals surface area contributed by atoms with E-state index in [0.29, 0.717) is 6.04 Å². The van der Waals surface area contributed by atoms with E-state index in [9.17, 15) is 10.1 Å². The zero-order valence-corrected chi connectivity index (χ0v) is 11.1. The van der Waals surface area contributed by atoms with Crippen molar-refractivity contribution < 1.29 is 4.92 Å². The van der Waals surface area contributed by atoms with Crippen molar-refractivity contribution in [2.45, 2.75) is 13.0 Å². The van der Waals surface area contributed by atoms with Crippen molar-refractivity contribution in [2.24, 2.45) is 0 Å². The molecule has 0 saturated carbocycles. The molecular weight excluding hydrogens is 244 g/mol. The largest absolute Gasteiger partial charge is 0.390 e. The molecule has 1 atom stereocenters. The molecule has 1 heterocycles. The molecule has 6 nitrogen and oxygen atoms in total. The highest BCUT2D eigenvalue weighted by molar-refractivity contribution is 5.36. The van der Waals surface area contributed by atoms with Crippen LogP contribution < -0.4 is 0 Å². The first-order chi connectivity index (χ1) is 8.99. The Hall–Kier alpha value is -2.21. The van der Waals surface area contributed by atoms with Gasteiger partial charge in [0.2, 0.25) is 0 Å². The van der Waals surface area contributed by atoms with Crippen molar-refractivity contribution in [1.82, 2.24) is 14.7 Å². The van der Waals surface area contributed by atoms with E-state index < -0.39 is 4.92 Å². The van der Waals surface area contributed by atoms with Gasteiger partial charge < -0.3 is 15.0 Å². The van der Waals surface area contributed by atoms with E-state index in [1.54, 1.807) is 6.20 Å². The number of nitro groups is 1. The van der Waals surface area contributed by atoms with Gasteiger partial charge in [-0.15, -0.1) is 4.68 Å². The Labute approximate surface area is 111 Å². The van der Waals surface area contributed by atoms with E-state index in [0.717, 1.165) is 5.69 Å². The van der Waals surface area contributed by atoms with Crippen LogP contribution in [0.2, 0.25) is 0 Å². The van der Waals surface area contributed by atoms with Crippen molar-refractivity contribution in [2.75, 3.05) is 14.1 Å². The Morgan fingerprint density at radius 3 is 2.37 bits per heavy atom. The average molecular weight is 260 g/mol. The highest BCUT2D eigenvalue weighted by Crippen LogP contribution is 2.19. The summed E-state index contributed by atoms with van der Waals surface area (Å²) >= 11 is 0. The van der Waals surface area contributed by atoms with Crippen LogP contribution >= 0.6 is 0 Å². The van der Waals surface area contributed by atoms with Crippen LogP contribution in [0.5, 0.6) is 0 Å². The number of hydrogen-bond acceptors (Lipinski definition) is 4. The van der Waals surface area contributed by atoms with Crippen LogP contribution in [-0.2, 0) is 0 Å². The van der Waals surface area contributed by atoms with Crippen LogP contribution in [0.1, 0.15) is 18.5 Å². The van der Waals surface area contributed by atoms with Gasteiger partial charge in [0.15, 0.2) is 0 Å². The summed E-state index contributed by atoms with van der Waals surface area (Å²) in [6.07, 6.45) is 1.59. The van der Waals surface area contributed by atoms with E-state index in [1.165, 1.54) is 16.3 Å². The van der Waals surface area contributed by atoms with Gasteiger partial charge in [0.1, 0.15) is 0 Å². The normalized spacial score (nSPS) is 12.6. The first-order valence-electron chi connectivity index (χ1n) is 5.96. The minimum atomic E-state index is -0.501. The summed E-state index contributed by atoms with van der Waals surface area (Å²) in [7, 11) is 4.05. The van der Waals surface area contributed by atoms with Gasteiger partial charge in [0.25, 0.3) is 0 Å². The smallest absolute Gasteiger partial charge is 0.358 e. The summed E-state index contributed by atoms with van der Waals surface area (Å²) in [5.41, 5.74) is 2.00. The lowest BCUT2D eigenvalue weighted by molar-refractivity contribution is -0.389. The molecule has 0 aliphatic rings. The molecular formula is C13H16N4O2. The summed E-state index contributed by atoms with van der Waals surface area (Å²) in [5.74, 6) is -0.147. The van der Waals surface area contributed by atoms with Gasteiger partial charge in [0.05, 0.1) is 23.0 Å². The van der Waals surface area contributed by atoms with E-state index in [-0.39, 0.29) is 5.82 Å². The van der Waals surface area contributed by atoms with Crippen molar-refractivity contribution in [3.63, 3.8) is 0 Å². The van der Waals surface area contributed by atoms with Crippen LogP contribution in [0.25, 0.3) is 5.69 Å². The maximum Gasteiger partial charge on any atom is 0.390 e. The molecule has 0 aliphatic carbocycles. The molecule has 2 rings (SSSR count). The second-order valence-corrected chi connectivity index (χ2v) is 4.61. The number of rotatable bonds is 4. The van der Waals surface area contributed by atoms with Gasteiger partial charge in [-0.3, -0.25) is 0 Å². The lowest BCUT2D eigenvalue weighted by Crippen LogP contribution is -2.16. The Morgan fingerprint density at radius 1 is 1.26 bits per heavy atom. The van der Waals surface area contributed by atoms with Gasteiger partial charge in [-0.25, -0.2) is 0 Å². The van der Waals surface area contributed by atoms with Gasteiger partial charge in [-0.05, 0) is 43.6 Å². The Kier molecular flexibility index (Phi) is 3.62. The fourth-order valence-corrected chi connectivity index (χ4v) is 1.76. The maximum absolute atomic E-state index is 10.6. The second kappa shape index (κ2) is 5.19. The number of aromatic nitrogens is 2. The minimum Gasteiger partial charge on any atom is -0.358 e. The third kappa shape index (κ3) is 2.79. The van der Waals surface area contributed by atoms with Crippen LogP contribution in [0.15, 0.2) is 36.5 Å². The molecule has 0 radical (unpaired) electrons. The molecule has 0 aliphatic heterocycles. The molecule has 100 valence electrons. The Morgan fingerprint density at radius 2 is 1.89 bits per heavy atom. The maximum atomic E-state index is 10.6. The number of hydrogen-bond donors (Lipinski definition) is 0. The van der Waals surface area contributed by atoms with Crippen LogP contribution in [0, 0.1) is 10.1 Å². The summed E-state index contributed by atoms with van der Waals surface area (Å²) in [5, 5.41) is 14.5.